The quantitative estimate of drug-likeness (QED) is 0.688. The second-order valence-electron chi connectivity index (χ2n) is 4.13. The summed E-state index contributed by atoms with van der Waals surface area (Å²) in [5.74, 6) is -2.38. The SMILES string of the molecule is CC(C)C(=O)O.CCCC(=O)O.CCCCC(=O)O. The van der Waals surface area contributed by atoms with Crippen molar-refractivity contribution >= 4 is 17.9 Å². The van der Waals surface area contributed by atoms with E-state index in [2.05, 4.69) is 0 Å². The van der Waals surface area contributed by atoms with Crippen LogP contribution in [0.3, 0.4) is 0 Å². The van der Waals surface area contributed by atoms with E-state index in [9.17, 15) is 14.4 Å². The number of rotatable bonds is 6. The maximum Gasteiger partial charge on any atom is 0.305 e. The predicted molar refractivity (Wildman–Crippen MR) is 72.2 cm³/mol. The molecular weight excluding hydrogens is 252 g/mol. The molecule has 0 saturated carbocycles. The summed E-state index contributed by atoms with van der Waals surface area (Å²) in [5, 5.41) is 23.9. The van der Waals surface area contributed by atoms with Crippen LogP contribution in [-0.2, 0) is 14.4 Å². The average Bonchev–Trinajstić information content (AvgIpc) is 2.27. The van der Waals surface area contributed by atoms with Gasteiger partial charge in [-0.2, -0.15) is 0 Å². The molecule has 0 heterocycles. The zero-order chi connectivity index (χ0) is 15.8. The molecule has 0 fully saturated rings. The van der Waals surface area contributed by atoms with Crippen LogP contribution in [0.2, 0.25) is 0 Å². The Kier molecular flexibility index (Phi) is 19.5. The van der Waals surface area contributed by atoms with E-state index in [-0.39, 0.29) is 5.92 Å². The van der Waals surface area contributed by atoms with E-state index in [1.165, 1.54) is 0 Å². The largest absolute Gasteiger partial charge is 0.481 e. The van der Waals surface area contributed by atoms with Gasteiger partial charge in [-0.3, -0.25) is 14.4 Å². The molecule has 114 valence electrons. The van der Waals surface area contributed by atoms with E-state index in [0.29, 0.717) is 12.8 Å². The van der Waals surface area contributed by atoms with Crippen molar-refractivity contribution in [2.24, 2.45) is 5.92 Å². The second-order valence-corrected chi connectivity index (χ2v) is 4.13. The molecule has 0 radical (unpaired) electrons. The molecule has 0 aliphatic heterocycles. The van der Waals surface area contributed by atoms with Crippen molar-refractivity contribution in [2.45, 2.75) is 59.8 Å². The fraction of sp³-hybridized carbons (Fsp3) is 0.769. The fourth-order valence-electron chi connectivity index (χ4n) is 0.542. The summed E-state index contributed by atoms with van der Waals surface area (Å²) in [6.45, 7) is 7.10. The third-order valence-electron chi connectivity index (χ3n) is 1.70. The molecule has 0 bridgehead atoms. The van der Waals surface area contributed by atoms with Crippen LogP contribution >= 0.6 is 0 Å². The lowest BCUT2D eigenvalue weighted by Crippen LogP contribution is -2.03. The third kappa shape index (κ3) is 38.5. The monoisotopic (exact) mass is 278 g/mol. The minimum atomic E-state index is -0.741. The van der Waals surface area contributed by atoms with Crippen LogP contribution in [-0.4, -0.2) is 33.2 Å². The van der Waals surface area contributed by atoms with Crippen molar-refractivity contribution in [1.82, 2.24) is 0 Å². The standard InChI is InChI=1S/C5H10O2.2C4H8O2/c1-2-3-4-5(6)7;1-3(2)4(5)6;1-2-3-4(5)6/h2-4H2,1H3,(H,6,7);3H,1-2H3,(H,5,6);2-3H2,1H3,(H,5,6). The van der Waals surface area contributed by atoms with Gasteiger partial charge < -0.3 is 15.3 Å². The summed E-state index contributed by atoms with van der Waals surface area (Å²) in [5.41, 5.74) is 0. The summed E-state index contributed by atoms with van der Waals surface area (Å²) in [6.07, 6.45) is 3.10. The van der Waals surface area contributed by atoms with Crippen molar-refractivity contribution < 1.29 is 29.7 Å². The highest BCUT2D eigenvalue weighted by Crippen LogP contribution is 1.91. The average molecular weight is 278 g/mol. The van der Waals surface area contributed by atoms with E-state index >= 15 is 0 Å². The molecule has 3 N–H and O–H groups in total. The van der Waals surface area contributed by atoms with Crippen LogP contribution in [0.15, 0.2) is 0 Å². The predicted octanol–water partition coefficient (Wildman–Crippen LogP) is 2.86. The molecule has 6 nitrogen and oxygen atoms in total. The van der Waals surface area contributed by atoms with E-state index in [4.69, 9.17) is 15.3 Å². The zero-order valence-corrected chi connectivity index (χ0v) is 12.2. The normalized spacial score (nSPS) is 8.68. The minimum Gasteiger partial charge on any atom is -0.481 e. The van der Waals surface area contributed by atoms with Crippen molar-refractivity contribution in [2.75, 3.05) is 0 Å². The number of hydrogen-bond acceptors (Lipinski definition) is 3. The lowest BCUT2D eigenvalue weighted by molar-refractivity contribution is -0.140. The molecule has 0 aliphatic rings. The van der Waals surface area contributed by atoms with E-state index in [1.54, 1.807) is 13.8 Å². The van der Waals surface area contributed by atoms with Crippen LogP contribution in [0.1, 0.15) is 59.8 Å². The molecule has 6 heteroatoms. The molecule has 0 aliphatic carbocycles. The van der Waals surface area contributed by atoms with E-state index in [1.807, 2.05) is 13.8 Å². The van der Waals surface area contributed by atoms with Crippen molar-refractivity contribution in [3.63, 3.8) is 0 Å². The Labute approximate surface area is 114 Å². The first-order chi connectivity index (χ1) is 8.68. The third-order valence-corrected chi connectivity index (χ3v) is 1.70. The van der Waals surface area contributed by atoms with Gasteiger partial charge in [0.2, 0.25) is 0 Å². The number of unbranched alkanes of at least 4 members (excludes halogenated alkanes) is 1. The molecule has 0 rings (SSSR count). The molecule has 19 heavy (non-hydrogen) atoms. The first-order valence-corrected chi connectivity index (χ1v) is 6.35. The summed E-state index contributed by atoms with van der Waals surface area (Å²) < 4.78 is 0. The first-order valence-electron chi connectivity index (χ1n) is 6.35. The Balaban J connectivity index is -0.000000203. The number of carboxylic acid groups (broad SMARTS) is 3. The molecule has 0 aromatic carbocycles. The van der Waals surface area contributed by atoms with Crippen LogP contribution in [0.25, 0.3) is 0 Å². The Morgan fingerprint density at radius 1 is 0.842 bits per heavy atom. The van der Waals surface area contributed by atoms with Crippen molar-refractivity contribution in [3.05, 3.63) is 0 Å². The van der Waals surface area contributed by atoms with Crippen LogP contribution < -0.4 is 0 Å². The van der Waals surface area contributed by atoms with Crippen molar-refractivity contribution in [3.8, 4) is 0 Å². The number of hydrogen-bond donors (Lipinski definition) is 3. The molecule has 0 aromatic rings. The number of aliphatic carboxylic acids is 3. The zero-order valence-electron chi connectivity index (χ0n) is 12.2. The lowest BCUT2D eigenvalue weighted by Gasteiger charge is -1.89. The Hall–Kier alpha value is -1.59. The minimum absolute atomic E-state index is 0.231. The van der Waals surface area contributed by atoms with Gasteiger partial charge in [0.25, 0.3) is 0 Å². The highest BCUT2D eigenvalue weighted by molar-refractivity contribution is 5.68. The first kappa shape index (κ1) is 22.6. The van der Waals surface area contributed by atoms with Gasteiger partial charge in [0.05, 0.1) is 5.92 Å². The fourth-order valence-corrected chi connectivity index (χ4v) is 0.542. The number of carbonyl (C=O) groups is 3. The second kappa shape index (κ2) is 16.4. The van der Waals surface area contributed by atoms with Gasteiger partial charge in [0.1, 0.15) is 0 Å². The summed E-state index contributed by atoms with van der Waals surface area (Å²) in [4.78, 5) is 29.1. The van der Waals surface area contributed by atoms with Crippen LogP contribution in [0.4, 0.5) is 0 Å². The van der Waals surface area contributed by atoms with Gasteiger partial charge >= 0.3 is 17.9 Å². The maximum absolute atomic E-state index is 9.76. The van der Waals surface area contributed by atoms with Gasteiger partial charge in [-0.1, -0.05) is 34.1 Å². The van der Waals surface area contributed by atoms with Crippen LogP contribution in [0, 0.1) is 5.92 Å². The Morgan fingerprint density at radius 3 is 1.26 bits per heavy atom. The van der Waals surface area contributed by atoms with Crippen LogP contribution in [0.5, 0.6) is 0 Å². The van der Waals surface area contributed by atoms with E-state index < -0.39 is 17.9 Å². The smallest absolute Gasteiger partial charge is 0.305 e. The molecule has 0 saturated heterocycles. The molecular formula is C13H26O6. The van der Waals surface area contributed by atoms with Gasteiger partial charge in [-0.25, -0.2) is 0 Å². The van der Waals surface area contributed by atoms with Gasteiger partial charge in [-0.15, -0.1) is 0 Å². The van der Waals surface area contributed by atoms with Gasteiger partial charge in [-0.05, 0) is 12.8 Å². The highest BCUT2D eigenvalue weighted by Gasteiger charge is 1.99. The summed E-state index contributed by atoms with van der Waals surface area (Å²) in [6, 6.07) is 0. The van der Waals surface area contributed by atoms with E-state index in [0.717, 1.165) is 19.3 Å². The number of carboxylic acids is 3. The molecule has 0 unspecified atom stereocenters. The Morgan fingerprint density at radius 2 is 1.21 bits per heavy atom. The molecule has 0 aromatic heterocycles. The maximum atomic E-state index is 9.76. The summed E-state index contributed by atoms with van der Waals surface area (Å²) >= 11 is 0. The topological polar surface area (TPSA) is 112 Å². The Bertz CT molecular complexity index is 248. The van der Waals surface area contributed by atoms with Gasteiger partial charge in [0.15, 0.2) is 0 Å². The summed E-state index contributed by atoms with van der Waals surface area (Å²) in [7, 11) is 0. The molecule has 0 amide bonds. The van der Waals surface area contributed by atoms with Gasteiger partial charge in [0, 0.05) is 12.8 Å². The lowest BCUT2D eigenvalue weighted by atomic mass is 10.2. The molecule has 0 spiro atoms. The highest BCUT2D eigenvalue weighted by atomic mass is 16.4. The molecule has 0 atom stereocenters. The van der Waals surface area contributed by atoms with Crippen molar-refractivity contribution in [1.29, 1.82) is 0 Å².